The molecule has 0 saturated heterocycles. The summed E-state index contributed by atoms with van der Waals surface area (Å²) in [4.78, 5) is 0. The number of halogens is 3. The van der Waals surface area contributed by atoms with Crippen LogP contribution in [0.4, 0.5) is 8.78 Å². The van der Waals surface area contributed by atoms with Gasteiger partial charge in [-0.25, -0.2) is 8.78 Å². The maximum absolute atomic E-state index is 13.7. The highest BCUT2D eigenvalue weighted by atomic mass is 35.5. The normalized spacial score (nSPS) is 11.1. The van der Waals surface area contributed by atoms with E-state index < -0.39 is 0 Å². The van der Waals surface area contributed by atoms with Gasteiger partial charge in [-0.1, -0.05) is 17.7 Å². The standard InChI is InChI=1S/C15H10ClF2N/c16-13-2-1-3-14(18)12(13)9-19-7-6-10-4-5-11(17)8-15(10)19/h1-8H,9H2. The van der Waals surface area contributed by atoms with Crippen molar-refractivity contribution in [1.82, 2.24) is 4.57 Å². The molecule has 2 aromatic carbocycles. The summed E-state index contributed by atoms with van der Waals surface area (Å²) >= 11 is 6.00. The summed E-state index contributed by atoms with van der Waals surface area (Å²) in [6, 6.07) is 11.0. The summed E-state index contributed by atoms with van der Waals surface area (Å²) in [6.07, 6.45) is 1.80. The van der Waals surface area contributed by atoms with Crippen LogP contribution >= 0.6 is 11.6 Å². The van der Waals surface area contributed by atoms with Gasteiger partial charge in [0.05, 0.1) is 12.1 Å². The largest absolute Gasteiger partial charge is 0.343 e. The second kappa shape index (κ2) is 4.67. The Bertz CT molecular complexity index is 729. The van der Waals surface area contributed by atoms with Crippen molar-refractivity contribution in [3.05, 3.63) is 70.9 Å². The molecule has 1 nitrogen and oxygen atoms in total. The van der Waals surface area contributed by atoms with E-state index in [0.717, 1.165) is 10.9 Å². The van der Waals surface area contributed by atoms with E-state index in [0.29, 0.717) is 10.6 Å². The van der Waals surface area contributed by atoms with Gasteiger partial charge in [-0.2, -0.15) is 0 Å². The van der Waals surface area contributed by atoms with Gasteiger partial charge >= 0.3 is 0 Å². The van der Waals surface area contributed by atoms with Crippen LogP contribution in [0.5, 0.6) is 0 Å². The quantitative estimate of drug-likeness (QED) is 0.644. The lowest BCUT2D eigenvalue weighted by molar-refractivity contribution is 0.601. The van der Waals surface area contributed by atoms with Crippen molar-refractivity contribution < 1.29 is 8.78 Å². The van der Waals surface area contributed by atoms with Gasteiger partial charge in [0.25, 0.3) is 0 Å². The smallest absolute Gasteiger partial charge is 0.129 e. The van der Waals surface area contributed by atoms with E-state index in [-0.39, 0.29) is 18.2 Å². The summed E-state index contributed by atoms with van der Waals surface area (Å²) in [7, 11) is 0. The van der Waals surface area contributed by atoms with Crippen LogP contribution in [0.2, 0.25) is 5.02 Å². The molecule has 0 N–H and O–H groups in total. The number of rotatable bonds is 2. The number of hydrogen-bond acceptors (Lipinski definition) is 0. The Labute approximate surface area is 114 Å². The topological polar surface area (TPSA) is 4.93 Å². The fraction of sp³-hybridized carbons (Fsp3) is 0.0667. The first-order valence-corrected chi connectivity index (χ1v) is 6.20. The van der Waals surface area contributed by atoms with Gasteiger partial charge in [-0.3, -0.25) is 0 Å². The van der Waals surface area contributed by atoms with Crippen molar-refractivity contribution >= 4 is 22.5 Å². The van der Waals surface area contributed by atoms with Gasteiger partial charge in [0, 0.05) is 16.8 Å². The Kier molecular flexibility index (Phi) is 2.99. The summed E-state index contributed by atoms with van der Waals surface area (Å²) in [5, 5.41) is 1.28. The molecule has 0 radical (unpaired) electrons. The second-order valence-electron chi connectivity index (χ2n) is 4.35. The lowest BCUT2D eigenvalue weighted by Gasteiger charge is -2.08. The zero-order chi connectivity index (χ0) is 13.4. The number of fused-ring (bicyclic) bond motifs is 1. The molecule has 3 rings (SSSR count). The molecule has 0 aliphatic carbocycles. The minimum atomic E-state index is -0.356. The fourth-order valence-corrected chi connectivity index (χ4v) is 2.37. The summed E-state index contributed by atoms with van der Waals surface area (Å²) in [5.74, 6) is -0.669. The molecule has 0 unspecified atom stereocenters. The molecule has 1 aromatic heterocycles. The number of nitrogens with zero attached hydrogens (tertiary/aromatic N) is 1. The van der Waals surface area contributed by atoms with E-state index in [9.17, 15) is 8.78 Å². The SMILES string of the molecule is Fc1ccc2ccn(Cc3c(F)cccc3Cl)c2c1. The predicted octanol–water partition coefficient (Wildman–Crippen LogP) is 4.62. The third kappa shape index (κ3) is 2.22. The number of benzene rings is 2. The molecule has 0 atom stereocenters. The first kappa shape index (κ1) is 12.2. The van der Waals surface area contributed by atoms with Gasteiger partial charge < -0.3 is 4.57 Å². The van der Waals surface area contributed by atoms with Crippen molar-refractivity contribution in [3.8, 4) is 0 Å². The predicted molar refractivity (Wildman–Crippen MR) is 72.4 cm³/mol. The van der Waals surface area contributed by atoms with Gasteiger partial charge in [0.1, 0.15) is 11.6 Å². The average Bonchev–Trinajstić information content (AvgIpc) is 2.76. The maximum Gasteiger partial charge on any atom is 0.129 e. The van der Waals surface area contributed by atoms with E-state index >= 15 is 0 Å². The second-order valence-corrected chi connectivity index (χ2v) is 4.75. The number of hydrogen-bond donors (Lipinski definition) is 0. The van der Waals surface area contributed by atoms with E-state index in [2.05, 4.69) is 0 Å². The average molecular weight is 278 g/mol. The minimum absolute atomic E-state index is 0.276. The Morgan fingerprint density at radius 3 is 2.68 bits per heavy atom. The molecule has 3 aromatic rings. The highest BCUT2D eigenvalue weighted by molar-refractivity contribution is 6.31. The first-order chi connectivity index (χ1) is 9.15. The van der Waals surface area contributed by atoms with Crippen LogP contribution in [-0.2, 0) is 6.54 Å². The zero-order valence-electron chi connectivity index (χ0n) is 9.91. The van der Waals surface area contributed by atoms with Crippen molar-refractivity contribution in [2.45, 2.75) is 6.54 Å². The molecule has 0 fully saturated rings. The monoisotopic (exact) mass is 277 g/mol. The fourth-order valence-electron chi connectivity index (χ4n) is 2.15. The zero-order valence-corrected chi connectivity index (χ0v) is 10.7. The molecular formula is C15H10ClF2N. The third-order valence-electron chi connectivity index (χ3n) is 3.13. The Morgan fingerprint density at radius 1 is 1.05 bits per heavy atom. The van der Waals surface area contributed by atoms with Crippen molar-refractivity contribution in [2.24, 2.45) is 0 Å². The van der Waals surface area contributed by atoms with Crippen LogP contribution in [0, 0.1) is 11.6 Å². The molecule has 0 aliphatic rings. The lowest BCUT2D eigenvalue weighted by atomic mass is 10.2. The minimum Gasteiger partial charge on any atom is -0.343 e. The summed E-state index contributed by atoms with van der Waals surface area (Å²) in [6.45, 7) is 0.276. The van der Waals surface area contributed by atoms with Gasteiger partial charge in [0.15, 0.2) is 0 Å². The van der Waals surface area contributed by atoms with Crippen LogP contribution in [0.1, 0.15) is 5.56 Å². The molecule has 19 heavy (non-hydrogen) atoms. The molecule has 96 valence electrons. The lowest BCUT2D eigenvalue weighted by Crippen LogP contribution is -2.01. The highest BCUT2D eigenvalue weighted by Gasteiger charge is 2.09. The van der Waals surface area contributed by atoms with Gasteiger partial charge in [-0.15, -0.1) is 0 Å². The van der Waals surface area contributed by atoms with Gasteiger partial charge in [-0.05, 0) is 41.8 Å². The van der Waals surface area contributed by atoms with E-state index in [1.807, 2.05) is 6.07 Å². The molecule has 0 amide bonds. The van der Waals surface area contributed by atoms with Crippen molar-refractivity contribution in [2.75, 3.05) is 0 Å². The van der Waals surface area contributed by atoms with Crippen LogP contribution in [-0.4, -0.2) is 4.57 Å². The molecule has 1 heterocycles. The molecule has 4 heteroatoms. The molecule has 0 aliphatic heterocycles. The van der Waals surface area contributed by atoms with E-state index in [4.69, 9.17) is 11.6 Å². The number of aromatic nitrogens is 1. The summed E-state index contributed by atoms with van der Waals surface area (Å²) in [5.41, 5.74) is 1.13. The Morgan fingerprint density at radius 2 is 1.89 bits per heavy atom. The van der Waals surface area contributed by atoms with Crippen molar-refractivity contribution in [1.29, 1.82) is 0 Å². The van der Waals surface area contributed by atoms with Crippen LogP contribution in [0.3, 0.4) is 0 Å². The molecule has 0 bridgehead atoms. The van der Waals surface area contributed by atoms with Crippen LogP contribution < -0.4 is 0 Å². The Balaban J connectivity index is 2.08. The van der Waals surface area contributed by atoms with Crippen LogP contribution in [0.25, 0.3) is 10.9 Å². The molecule has 0 saturated carbocycles. The highest BCUT2D eigenvalue weighted by Crippen LogP contribution is 2.23. The van der Waals surface area contributed by atoms with Crippen molar-refractivity contribution in [3.63, 3.8) is 0 Å². The van der Waals surface area contributed by atoms with E-state index in [1.165, 1.54) is 18.2 Å². The molecular weight excluding hydrogens is 268 g/mol. The van der Waals surface area contributed by atoms with E-state index in [1.54, 1.807) is 29.0 Å². The maximum atomic E-state index is 13.7. The summed E-state index contributed by atoms with van der Waals surface area (Å²) < 4.78 is 28.8. The van der Waals surface area contributed by atoms with Gasteiger partial charge in [0.2, 0.25) is 0 Å². The molecule has 0 spiro atoms. The third-order valence-corrected chi connectivity index (χ3v) is 3.48. The van der Waals surface area contributed by atoms with Crippen LogP contribution in [0.15, 0.2) is 48.7 Å². The Hall–Kier alpha value is -1.87. The first-order valence-electron chi connectivity index (χ1n) is 5.82.